The highest BCUT2D eigenvalue weighted by Crippen LogP contribution is 2.29. The molecule has 0 unspecified atom stereocenters. The number of nitro benzene ring substituents is 1. The molecule has 6 nitrogen and oxygen atoms in total. The highest BCUT2D eigenvalue weighted by molar-refractivity contribution is 6.10. The first-order chi connectivity index (χ1) is 10.7. The monoisotopic (exact) mass is 297 g/mol. The number of rotatable bonds is 2. The van der Waals surface area contributed by atoms with Crippen LogP contribution in [0.4, 0.5) is 11.4 Å². The van der Waals surface area contributed by atoms with Crippen molar-refractivity contribution >= 4 is 17.2 Å². The molecule has 0 radical (unpaired) electrons. The van der Waals surface area contributed by atoms with Crippen LogP contribution >= 0.6 is 0 Å². The number of aryl methyl sites for hydroxylation is 1. The minimum absolute atomic E-state index is 0.0241. The highest BCUT2D eigenvalue weighted by Gasteiger charge is 2.23. The van der Waals surface area contributed by atoms with Crippen LogP contribution in [-0.4, -0.2) is 22.5 Å². The quantitative estimate of drug-likeness (QED) is 0.303. The number of para-hydroxylation sites is 1. The number of hydrogen-bond donors (Lipinski definition) is 1. The number of amidine groups is 1. The molecule has 112 valence electrons. The molecule has 1 aliphatic heterocycles. The molecule has 0 spiro atoms. The van der Waals surface area contributed by atoms with Gasteiger partial charge < -0.3 is 10.1 Å². The molecule has 0 saturated heterocycles. The van der Waals surface area contributed by atoms with Crippen molar-refractivity contribution in [1.82, 2.24) is 0 Å². The summed E-state index contributed by atoms with van der Waals surface area (Å²) in [5, 5.41) is 23.8. The normalized spacial score (nSPS) is 14.5. The number of benzene rings is 2. The van der Waals surface area contributed by atoms with Gasteiger partial charge in [0.2, 0.25) is 0 Å². The largest absolute Gasteiger partial charge is 0.409 e. The van der Waals surface area contributed by atoms with E-state index < -0.39 is 4.92 Å². The second kappa shape index (κ2) is 5.85. The summed E-state index contributed by atoms with van der Waals surface area (Å²) in [5.74, 6) is 0.329. The van der Waals surface area contributed by atoms with Crippen LogP contribution in [0.1, 0.15) is 17.5 Å². The molecule has 1 N–H and O–H groups in total. The average Bonchev–Trinajstić information content (AvgIpc) is 2.56. The Hall–Kier alpha value is -2.89. The van der Waals surface area contributed by atoms with Crippen molar-refractivity contribution in [2.45, 2.75) is 12.8 Å². The molecule has 6 heteroatoms. The molecule has 3 rings (SSSR count). The van der Waals surface area contributed by atoms with Crippen LogP contribution < -0.4 is 4.90 Å². The first kappa shape index (κ1) is 14.1. The second-order valence-electron chi connectivity index (χ2n) is 5.11. The van der Waals surface area contributed by atoms with Gasteiger partial charge in [-0.05, 0) is 24.5 Å². The Morgan fingerprint density at radius 1 is 1.23 bits per heavy atom. The molecule has 0 fully saturated rings. The van der Waals surface area contributed by atoms with E-state index in [-0.39, 0.29) is 5.69 Å². The fourth-order valence-corrected chi connectivity index (χ4v) is 2.78. The third-order valence-electron chi connectivity index (χ3n) is 3.78. The summed E-state index contributed by atoms with van der Waals surface area (Å²) < 4.78 is 0. The van der Waals surface area contributed by atoms with E-state index in [0.29, 0.717) is 17.9 Å². The van der Waals surface area contributed by atoms with Gasteiger partial charge in [0.1, 0.15) is 0 Å². The van der Waals surface area contributed by atoms with Gasteiger partial charge in [-0.15, -0.1) is 0 Å². The Morgan fingerprint density at radius 2 is 2.05 bits per heavy atom. The Balaban J connectivity index is 2.03. The molecule has 0 aliphatic carbocycles. The van der Waals surface area contributed by atoms with E-state index in [0.717, 1.165) is 18.5 Å². The van der Waals surface area contributed by atoms with Crippen molar-refractivity contribution in [3.8, 4) is 0 Å². The lowest BCUT2D eigenvalue weighted by molar-refractivity contribution is -0.384. The number of non-ortho nitro benzene ring substituents is 1. The average molecular weight is 297 g/mol. The summed E-state index contributed by atoms with van der Waals surface area (Å²) >= 11 is 0. The first-order valence-corrected chi connectivity index (χ1v) is 7.03. The summed E-state index contributed by atoms with van der Waals surface area (Å²) in [6.07, 6.45) is 1.91. The molecule has 0 atom stereocenters. The van der Waals surface area contributed by atoms with Crippen molar-refractivity contribution in [3.63, 3.8) is 0 Å². The number of anilines is 1. The maximum Gasteiger partial charge on any atom is 0.270 e. The Kier molecular flexibility index (Phi) is 3.74. The number of fused-ring (bicyclic) bond motifs is 1. The molecule has 0 aromatic heterocycles. The van der Waals surface area contributed by atoms with Crippen molar-refractivity contribution in [2.75, 3.05) is 11.4 Å². The Labute approximate surface area is 127 Å². The Bertz CT molecular complexity index is 743. The lowest BCUT2D eigenvalue weighted by Gasteiger charge is -2.31. The van der Waals surface area contributed by atoms with Gasteiger partial charge in [0.25, 0.3) is 5.69 Å². The zero-order chi connectivity index (χ0) is 15.5. The van der Waals surface area contributed by atoms with Crippen LogP contribution in [0, 0.1) is 10.1 Å². The maximum absolute atomic E-state index is 10.9. The second-order valence-corrected chi connectivity index (χ2v) is 5.11. The molecular weight excluding hydrogens is 282 g/mol. The molecular formula is C16H15N3O3. The van der Waals surface area contributed by atoms with E-state index in [4.69, 9.17) is 0 Å². The summed E-state index contributed by atoms with van der Waals surface area (Å²) in [6.45, 7) is 0.707. The zero-order valence-corrected chi connectivity index (χ0v) is 11.8. The smallest absolute Gasteiger partial charge is 0.270 e. The maximum atomic E-state index is 10.9. The van der Waals surface area contributed by atoms with Crippen LogP contribution in [0.5, 0.6) is 0 Å². The van der Waals surface area contributed by atoms with Gasteiger partial charge in [0.05, 0.1) is 4.92 Å². The molecule has 0 bridgehead atoms. The van der Waals surface area contributed by atoms with Crippen LogP contribution in [0.2, 0.25) is 0 Å². The number of nitro groups is 1. The summed E-state index contributed by atoms with van der Waals surface area (Å²) in [4.78, 5) is 12.4. The fraction of sp³-hybridized carbons (Fsp3) is 0.188. The molecule has 1 heterocycles. The van der Waals surface area contributed by atoms with E-state index >= 15 is 0 Å². The Morgan fingerprint density at radius 3 is 2.82 bits per heavy atom. The van der Waals surface area contributed by atoms with Crippen molar-refractivity contribution in [2.24, 2.45) is 5.16 Å². The summed E-state index contributed by atoms with van der Waals surface area (Å²) in [7, 11) is 0. The molecule has 22 heavy (non-hydrogen) atoms. The third kappa shape index (κ3) is 2.50. The predicted octanol–water partition coefficient (Wildman–Crippen LogP) is 3.18. The van der Waals surface area contributed by atoms with E-state index in [1.807, 2.05) is 29.2 Å². The topological polar surface area (TPSA) is 79.0 Å². The first-order valence-electron chi connectivity index (χ1n) is 7.03. The lowest BCUT2D eigenvalue weighted by Crippen LogP contribution is -2.36. The van der Waals surface area contributed by atoms with Crippen LogP contribution in [0.15, 0.2) is 53.7 Å². The van der Waals surface area contributed by atoms with Gasteiger partial charge in [-0.25, -0.2) is 0 Å². The standard InChI is InChI=1S/C16H15N3O3/c20-17-16(13-6-3-8-14(11-13)19(21)22)18-10-4-7-12-5-1-2-9-15(12)18/h1-3,5-6,8-9,11,20H,4,7,10H2/b17-16+. The third-order valence-corrected chi connectivity index (χ3v) is 3.78. The van der Waals surface area contributed by atoms with Crippen molar-refractivity contribution in [1.29, 1.82) is 0 Å². The molecule has 2 aromatic carbocycles. The van der Waals surface area contributed by atoms with Gasteiger partial charge >= 0.3 is 0 Å². The van der Waals surface area contributed by atoms with Crippen molar-refractivity contribution < 1.29 is 10.1 Å². The predicted molar refractivity (Wildman–Crippen MR) is 83.5 cm³/mol. The molecule has 0 amide bonds. The minimum atomic E-state index is -0.456. The minimum Gasteiger partial charge on any atom is -0.409 e. The zero-order valence-electron chi connectivity index (χ0n) is 11.8. The van der Waals surface area contributed by atoms with Gasteiger partial charge in [0, 0.05) is 29.9 Å². The van der Waals surface area contributed by atoms with Crippen LogP contribution in [0.25, 0.3) is 0 Å². The van der Waals surface area contributed by atoms with Gasteiger partial charge in [-0.2, -0.15) is 0 Å². The van der Waals surface area contributed by atoms with Crippen LogP contribution in [0.3, 0.4) is 0 Å². The molecule has 1 aliphatic rings. The number of hydrogen-bond acceptors (Lipinski definition) is 4. The van der Waals surface area contributed by atoms with E-state index in [2.05, 4.69) is 5.16 Å². The van der Waals surface area contributed by atoms with Gasteiger partial charge in [-0.3, -0.25) is 10.1 Å². The van der Waals surface area contributed by atoms with Crippen molar-refractivity contribution in [3.05, 3.63) is 69.8 Å². The van der Waals surface area contributed by atoms with E-state index in [1.54, 1.807) is 12.1 Å². The highest BCUT2D eigenvalue weighted by atomic mass is 16.6. The van der Waals surface area contributed by atoms with E-state index in [1.165, 1.54) is 17.7 Å². The number of nitrogens with zero attached hydrogens (tertiary/aromatic N) is 3. The summed E-state index contributed by atoms with van der Waals surface area (Å²) in [6, 6.07) is 14.1. The summed E-state index contributed by atoms with van der Waals surface area (Å²) in [5.41, 5.74) is 2.66. The fourth-order valence-electron chi connectivity index (χ4n) is 2.78. The lowest BCUT2D eigenvalue weighted by atomic mass is 10.0. The SMILES string of the molecule is O=[N+]([O-])c1cccc(/C(=N\O)N2CCCc3ccccc32)c1. The molecule has 2 aromatic rings. The molecule has 0 saturated carbocycles. The van der Waals surface area contributed by atoms with Crippen LogP contribution in [-0.2, 0) is 6.42 Å². The number of oxime groups is 1. The van der Waals surface area contributed by atoms with Gasteiger partial charge in [0.15, 0.2) is 5.84 Å². The van der Waals surface area contributed by atoms with E-state index in [9.17, 15) is 15.3 Å². The van der Waals surface area contributed by atoms with Gasteiger partial charge in [-0.1, -0.05) is 35.5 Å².